The summed E-state index contributed by atoms with van der Waals surface area (Å²) in [7, 11) is 0. The number of carbonyl (C=O) groups excluding carboxylic acids is 2. The van der Waals surface area contributed by atoms with Crippen molar-refractivity contribution >= 4 is 40.1 Å². The Kier molecular flexibility index (Phi) is 2.92. The molecule has 1 aliphatic heterocycles. The van der Waals surface area contributed by atoms with E-state index in [0.717, 1.165) is 29.3 Å². The van der Waals surface area contributed by atoms with Crippen molar-refractivity contribution in [1.82, 2.24) is 0 Å². The molecule has 0 bridgehead atoms. The van der Waals surface area contributed by atoms with Crippen molar-refractivity contribution in [1.29, 1.82) is 0 Å². The number of amides is 2. The zero-order valence-electron chi connectivity index (χ0n) is 9.99. The van der Waals surface area contributed by atoms with Crippen LogP contribution in [0.1, 0.15) is 32.1 Å². The highest BCUT2D eigenvalue weighted by atomic mass is 127. The number of anilines is 1. The highest BCUT2D eigenvalue weighted by molar-refractivity contribution is 14.1. The van der Waals surface area contributed by atoms with Gasteiger partial charge in [0.05, 0.1) is 11.1 Å². The van der Waals surface area contributed by atoms with Gasteiger partial charge in [-0.05, 0) is 59.7 Å². The zero-order chi connectivity index (χ0) is 12.8. The van der Waals surface area contributed by atoms with Gasteiger partial charge in [0.25, 0.3) is 0 Å². The Morgan fingerprint density at radius 2 is 1.67 bits per heavy atom. The van der Waals surface area contributed by atoms with E-state index in [1.165, 1.54) is 4.90 Å². The summed E-state index contributed by atoms with van der Waals surface area (Å²) in [4.78, 5) is 26.1. The van der Waals surface area contributed by atoms with Crippen molar-refractivity contribution in [3.8, 4) is 0 Å². The molecule has 1 aromatic carbocycles. The molecule has 0 radical (unpaired) electrons. The Bertz CT molecular complexity index is 503. The number of benzene rings is 1. The molecular weight excluding hydrogens is 341 g/mol. The van der Waals surface area contributed by atoms with Gasteiger partial charge in [-0.1, -0.05) is 12.8 Å². The molecule has 3 nitrogen and oxygen atoms in total. The Balaban J connectivity index is 1.95. The first-order valence-corrected chi connectivity index (χ1v) is 7.33. The van der Waals surface area contributed by atoms with Crippen molar-refractivity contribution in [2.75, 3.05) is 4.90 Å². The average Bonchev–Trinajstić information content (AvgIpc) is 2.89. The first-order valence-electron chi connectivity index (χ1n) is 6.25. The maximum atomic E-state index is 12.5. The Morgan fingerprint density at radius 1 is 1.06 bits per heavy atom. The summed E-state index contributed by atoms with van der Waals surface area (Å²) in [5, 5.41) is 0. The molecule has 1 aliphatic carbocycles. The highest BCUT2D eigenvalue weighted by Crippen LogP contribution is 2.47. The van der Waals surface area contributed by atoms with E-state index in [9.17, 15) is 9.59 Å². The predicted molar refractivity (Wildman–Crippen MR) is 77.2 cm³/mol. The Hall–Kier alpha value is -0.910. The molecule has 1 saturated heterocycles. The minimum atomic E-state index is -0.375. The van der Waals surface area contributed by atoms with Gasteiger partial charge in [-0.15, -0.1) is 0 Å². The van der Waals surface area contributed by atoms with Crippen molar-refractivity contribution in [2.45, 2.75) is 32.1 Å². The fourth-order valence-electron chi connectivity index (χ4n) is 3.09. The minimum Gasteiger partial charge on any atom is -0.274 e. The van der Waals surface area contributed by atoms with E-state index in [4.69, 9.17) is 0 Å². The zero-order valence-corrected chi connectivity index (χ0v) is 12.1. The van der Waals surface area contributed by atoms with Crippen molar-refractivity contribution in [3.05, 3.63) is 27.8 Å². The molecule has 18 heavy (non-hydrogen) atoms. The van der Waals surface area contributed by atoms with Crippen molar-refractivity contribution < 1.29 is 9.59 Å². The van der Waals surface area contributed by atoms with E-state index in [1.54, 1.807) is 0 Å². The molecule has 3 rings (SSSR count). The molecule has 94 valence electrons. The molecule has 4 heteroatoms. The molecule has 2 amide bonds. The second kappa shape index (κ2) is 4.33. The summed E-state index contributed by atoms with van der Waals surface area (Å²) >= 11 is 2.21. The van der Waals surface area contributed by atoms with Crippen LogP contribution in [0.15, 0.2) is 24.3 Å². The van der Waals surface area contributed by atoms with Gasteiger partial charge in [0, 0.05) is 9.99 Å². The van der Waals surface area contributed by atoms with Gasteiger partial charge in [-0.2, -0.15) is 0 Å². The van der Waals surface area contributed by atoms with Gasteiger partial charge in [-0.3, -0.25) is 14.5 Å². The lowest BCUT2D eigenvalue weighted by molar-refractivity contribution is -0.125. The van der Waals surface area contributed by atoms with Crippen LogP contribution in [0.2, 0.25) is 0 Å². The maximum Gasteiger partial charge on any atom is 0.240 e. The summed E-state index contributed by atoms with van der Waals surface area (Å²) < 4.78 is 1.10. The molecule has 0 N–H and O–H groups in total. The third-order valence-corrected chi connectivity index (χ3v) is 4.76. The van der Waals surface area contributed by atoms with Crippen molar-refractivity contribution in [3.63, 3.8) is 0 Å². The SMILES string of the molecule is O=C1CC2(CCCC2)C(=O)N1c1ccc(I)cc1. The van der Waals surface area contributed by atoms with Crippen LogP contribution in [-0.4, -0.2) is 11.8 Å². The largest absolute Gasteiger partial charge is 0.274 e. The molecule has 0 aromatic heterocycles. The number of hydrogen-bond acceptors (Lipinski definition) is 2. The van der Waals surface area contributed by atoms with Gasteiger partial charge in [-0.25, -0.2) is 0 Å². The normalized spacial score (nSPS) is 22.2. The predicted octanol–water partition coefficient (Wildman–Crippen LogP) is 3.11. The number of nitrogens with zero attached hydrogens (tertiary/aromatic N) is 1. The first kappa shape index (κ1) is 12.1. The van der Waals surface area contributed by atoms with Crippen LogP contribution in [0, 0.1) is 8.99 Å². The smallest absolute Gasteiger partial charge is 0.240 e. The summed E-state index contributed by atoms with van der Waals surface area (Å²) in [6.07, 6.45) is 4.29. The molecule has 2 aliphatic rings. The van der Waals surface area contributed by atoms with E-state index in [1.807, 2.05) is 24.3 Å². The number of carbonyl (C=O) groups is 2. The fourth-order valence-corrected chi connectivity index (χ4v) is 3.45. The van der Waals surface area contributed by atoms with E-state index in [0.29, 0.717) is 12.1 Å². The second-order valence-electron chi connectivity index (χ2n) is 5.17. The lowest BCUT2D eigenvalue weighted by Gasteiger charge is -2.20. The molecule has 1 spiro atoms. The van der Waals surface area contributed by atoms with Crippen LogP contribution in [0.4, 0.5) is 5.69 Å². The number of imide groups is 1. The molecule has 1 heterocycles. The van der Waals surface area contributed by atoms with Crippen LogP contribution in [0.25, 0.3) is 0 Å². The summed E-state index contributed by atoms with van der Waals surface area (Å²) in [5.74, 6) is -0.0192. The van der Waals surface area contributed by atoms with Gasteiger partial charge in [0.1, 0.15) is 0 Å². The van der Waals surface area contributed by atoms with Crippen LogP contribution in [0.5, 0.6) is 0 Å². The minimum absolute atomic E-state index is 0.0196. The van der Waals surface area contributed by atoms with E-state index < -0.39 is 0 Å². The number of rotatable bonds is 1. The second-order valence-corrected chi connectivity index (χ2v) is 6.42. The maximum absolute atomic E-state index is 12.5. The molecule has 2 fully saturated rings. The average molecular weight is 355 g/mol. The molecule has 1 saturated carbocycles. The first-order chi connectivity index (χ1) is 8.62. The highest BCUT2D eigenvalue weighted by Gasteiger charge is 2.52. The van der Waals surface area contributed by atoms with Gasteiger partial charge >= 0.3 is 0 Å². The van der Waals surface area contributed by atoms with Gasteiger partial charge in [0.2, 0.25) is 11.8 Å². The number of hydrogen-bond donors (Lipinski definition) is 0. The van der Waals surface area contributed by atoms with Crippen molar-refractivity contribution in [2.24, 2.45) is 5.41 Å². The summed E-state index contributed by atoms with van der Waals surface area (Å²) in [6.45, 7) is 0. The Labute approximate surface area is 120 Å². The van der Waals surface area contributed by atoms with Crippen LogP contribution >= 0.6 is 22.6 Å². The quantitative estimate of drug-likeness (QED) is 0.574. The van der Waals surface area contributed by atoms with Gasteiger partial charge in [0.15, 0.2) is 0 Å². The molecule has 0 atom stereocenters. The third kappa shape index (κ3) is 1.77. The molecule has 1 aromatic rings. The monoisotopic (exact) mass is 355 g/mol. The van der Waals surface area contributed by atoms with Gasteiger partial charge < -0.3 is 0 Å². The summed E-state index contributed by atoms with van der Waals surface area (Å²) in [6, 6.07) is 7.56. The third-order valence-electron chi connectivity index (χ3n) is 4.04. The van der Waals surface area contributed by atoms with Crippen LogP contribution in [-0.2, 0) is 9.59 Å². The van der Waals surface area contributed by atoms with E-state index in [-0.39, 0.29) is 17.2 Å². The fraction of sp³-hybridized carbons (Fsp3) is 0.429. The standard InChI is InChI=1S/C14H14INO2/c15-10-3-5-11(6-4-10)16-12(17)9-14(13(16)18)7-1-2-8-14/h3-6H,1-2,7-9H2. The Morgan fingerprint density at radius 3 is 2.28 bits per heavy atom. The number of halogens is 1. The summed E-state index contributed by atoms with van der Waals surface area (Å²) in [5.41, 5.74) is 0.342. The van der Waals surface area contributed by atoms with E-state index in [2.05, 4.69) is 22.6 Å². The molecule has 0 unspecified atom stereocenters. The topological polar surface area (TPSA) is 37.4 Å². The lowest BCUT2D eigenvalue weighted by atomic mass is 9.84. The van der Waals surface area contributed by atoms with Crippen LogP contribution < -0.4 is 4.90 Å². The molecular formula is C14H14INO2. The van der Waals surface area contributed by atoms with E-state index >= 15 is 0 Å². The van der Waals surface area contributed by atoms with Crippen LogP contribution in [0.3, 0.4) is 0 Å². The lowest BCUT2D eigenvalue weighted by Crippen LogP contribution is -2.34.